The standard InChI is InChI=1S/C20H24N2O3S/c1-26(24,25)17-11-9-16(10-12-17)18(14-15-6-2-3-7-15)20(23)22-19-8-4-5-13-21-19/h4-5,8-13,15,18H,2-3,6-7,14H2,1H3,(H,21,22,23). The molecule has 1 atom stereocenters. The summed E-state index contributed by atoms with van der Waals surface area (Å²) in [6.07, 6.45) is 8.33. The predicted molar refractivity (Wildman–Crippen MR) is 102 cm³/mol. The molecule has 0 spiro atoms. The minimum Gasteiger partial charge on any atom is -0.310 e. The lowest BCUT2D eigenvalue weighted by Gasteiger charge is -2.20. The molecule has 2 aromatic rings. The third-order valence-corrected chi connectivity index (χ3v) is 6.12. The van der Waals surface area contributed by atoms with Gasteiger partial charge in [-0.25, -0.2) is 13.4 Å². The molecule has 1 N–H and O–H groups in total. The monoisotopic (exact) mass is 372 g/mol. The topological polar surface area (TPSA) is 76.1 Å². The van der Waals surface area contributed by atoms with Crippen LogP contribution >= 0.6 is 0 Å². The van der Waals surface area contributed by atoms with Crippen molar-refractivity contribution in [3.63, 3.8) is 0 Å². The highest BCUT2D eigenvalue weighted by Gasteiger charge is 2.27. The lowest BCUT2D eigenvalue weighted by Crippen LogP contribution is -2.23. The van der Waals surface area contributed by atoms with Gasteiger partial charge in [-0.1, -0.05) is 43.9 Å². The number of sulfone groups is 1. The van der Waals surface area contributed by atoms with Crippen LogP contribution in [0, 0.1) is 5.92 Å². The van der Waals surface area contributed by atoms with Crippen LogP contribution in [0.1, 0.15) is 43.6 Å². The Morgan fingerprint density at radius 3 is 2.42 bits per heavy atom. The number of hydrogen-bond donors (Lipinski definition) is 1. The molecule has 5 nitrogen and oxygen atoms in total. The van der Waals surface area contributed by atoms with Gasteiger partial charge in [0.05, 0.1) is 10.8 Å². The number of benzene rings is 1. The van der Waals surface area contributed by atoms with Crippen LogP contribution in [-0.4, -0.2) is 25.6 Å². The van der Waals surface area contributed by atoms with Crippen molar-refractivity contribution in [1.29, 1.82) is 0 Å². The first kappa shape index (κ1) is 18.6. The van der Waals surface area contributed by atoms with E-state index in [1.54, 1.807) is 42.6 Å². The van der Waals surface area contributed by atoms with Gasteiger partial charge >= 0.3 is 0 Å². The first-order valence-corrected chi connectivity index (χ1v) is 10.8. The maximum absolute atomic E-state index is 12.9. The third-order valence-electron chi connectivity index (χ3n) is 4.99. The highest BCUT2D eigenvalue weighted by Crippen LogP contribution is 2.35. The number of pyridine rings is 1. The van der Waals surface area contributed by atoms with Gasteiger partial charge in [-0.05, 0) is 42.2 Å². The molecule has 1 unspecified atom stereocenters. The Hall–Kier alpha value is -2.21. The second-order valence-electron chi connectivity index (χ2n) is 6.98. The number of hydrogen-bond acceptors (Lipinski definition) is 4. The zero-order valence-corrected chi connectivity index (χ0v) is 15.7. The third kappa shape index (κ3) is 4.69. The average molecular weight is 372 g/mol. The predicted octanol–water partition coefficient (Wildman–Crippen LogP) is 3.79. The molecular formula is C20H24N2O3S. The zero-order valence-electron chi connectivity index (χ0n) is 14.9. The SMILES string of the molecule is CS(=O)(=O)c1ccc(C(CC2CCCC2)C(=O)Nc2ccccn2)cc1. The maximum atomic E-state index is 12.9. The Morgan fingerprint density at radius 1 is 1.15 bits per heavy atom. The van der Waals surface area contributed by atoms with Crippen molar-refractivity contribution in [2.24, 2.45) is 5.92 Å². The smallest absolute Gasteiger partial charge is 0.233 e. The molecule has 1 aliphatic rings. The number of carbonyl (C=O) groups is 1. The second-order valence-corrected chi connectivity index (χ2v) is 9.00. The van der Waals surface area contributed by atoms with Crippen molar-refractivity contribution in [2.45, 2.75) is 42.9 Å². The molecule has 0 radical (unpaired) electrons. The summed E-state index contributed by atoms with van der Waals surface area (Å²) in [5, 5.41) is 2.89. The van der Waals surface area contributed by atoms with Crippen LogP contribution in [0.4, 0.5) is 5.82 Å². The van der Waals surface area contributed by atoms with Crippen LogP contribution < -0.4 is 5.32 Å². The van der Waals surface area contributed by atoms with E-state index in [0.29, 0.717) is 11.7 Å². The van der Waals surface area contributed by atoms with Crippen LogP contribution in [0.2, 0.25) is 0 Å². The zero-order chi connectivity index (χ0) is 18.6. The van der Waals surface area contributed by atoms with Crippen LogP contribution in [0.25, 0.3) is 0 Å². The summed E-state index contributed by atoms with van der Waals surface area (Å²) >= 11 is 0. The minimum absolute atomic E-state index is 0.0947. The molecule has 1 aromatic carbocycles. The summed E-state index contributed by atoms with van der Waals surface area (Å²) in [6.45, 7) is 0. The fraction of sp³-hybridized carbons (Fsp3) is 0.400. The maximum Gasteiger partial charge on any atom is 0.233 e. The highest BCUT2D eigenvalue weighted by molar-refractivity contribution is 7.90. The van der Waals surface area contributed by atoms with E-state index in [-0.39, 0.29) is 16.7 Å². The van der Waals surface area contributed by atoms with Gasteiger partial charge in [0.1, 0.15) is 5.82 Å². The van der Waals surface area contributed by atoms with Gasteiger partial charge < -0.3 is 5.32 Å². The molecular weight excluding hydrogens is 348 g/mol. The lowest BCUT2D eigenvalue weighted by atomic mass is 9.87. The fourth-order valence-electron chi connectivity index (χ4n) is 3.57. The molecule has 1 amide bonds. The molecule has 1 saturated carbocycles. The summed E-state index contributed by atoms with van der Waals surface area (Å²) < 4.78 is 23.4. The molecule has 3 rings (SSSR count). The van der Waals surface area contributed by atoms with E-state index in [2.05, 4.69) is 10.3 Å². The van der Waals surface area contributed by atoms with Crippen molar-refractivity contribution >= 4 is 21.6 Å². The Morgan fingerprint density at radius 2 is 1.85 bits per heavy atom. The molecule has 0 bridgehead atoms. The van der Waals surface area contributed by atoms with E-state index in [4.69, 9.17) is 0 Å². The summed E-state index contributed by atoms with van der Waals surface area (Å²) in [5.41, 5.74) is 0.845. The molecule has 1 heterocycles. The number of amides is 1. The fourth-order valence-corrected chi connectivity index (χ4v) is 4.20. The molecule has 6 heteroatoms. The van der Waals surface area contributed by atoms with Crippen molar-refractivity contribution < 1.29 is 13.2 Å². The van der Waals surface area contributed by atoms with Crippen LogP contribution in [-0.2, 0) is 14.6 Å². The summed E-state index contributed by atoms with van der Waals surface area (Å²) in [4.78, 5) is 17.3. The van der Waals surface area contributed by atoms with Gasteiger partial charge in [0, 0.05) is 12.5 Å². The normalized spacial score (nSPS) is 16.3. The lowest BCUT2D eigenvalue weighted by molar-refractivity contribution is -0.118. The summed E-state index contributed by atoms with van der Waals surface area (Å²) in [6, 6.07) is 12.1. The highest BCUT2D eigenvalue weighted by atomic mass is 32.2. The largest absolute Gasteiger partial charge is 0.310 e. The molecule has 1 fully saturated rings. The number of aromatic nitrogens is 1. The number of nitrogens with one attached hydrogen (secondary N) is 1. The van der Waals surface area contributed by atoms with Gasteiger partial charge in [-0.2, -0.15) is 0 Å². The number of carbonyl (C=O) groups excluding carboxylic acids is 1. The van der Waals surface area contributed by atoms with E-state index < -0.39 is 9.84 Å². The average Bonchev–Trinajstić information content (AvgIpc) is 3.13. The number of nitrogens with zero attached hydrogens (tertiary/aromatic N) is 1. The minimum atomic E-state index is -3.25. The van der Waals surface area contributed by atoms with E-state index in [9.17, 15) is 13.2 Å². The molecule has 1 aromatic heterocycles. The van der Waals surface area contributed by atoms with Gasteiger partial charge in [-0.15, -0.1) is 0 Å². The summed E-state index contributed by atoms with van der Waals surface area (Å²) in [5.74, 6) is 0.655. The van der Waals surface area contributed by atoms with Crippen molar-refractivity contribution in [2.75, 3.05) is 11.6 Å². The van der Waals surface area contributed by atoms with E-state index >= 15 is 0 Å². The quantitative estimate of drug-likeness (QED) is 0.837. The van der Waals surface area contributed by atoms with Crippen LogP contribution in [0.3, 0.4) is 0 Å². The van der Waals surface area contributed by atoms with Gasteiger partial charge in [0.2, 0.25) is 5.91 Å². The molecule has 26 heavy (non-hydrogen) atoms. The first-order chi connectivity index (χ1) is 12.4. The first-order valence-electron chi connectivity index (χ1n) is 8.95. The van der Waals surface area contributed by atoms with Crippen molar-refractivity contribution in [3.05, 3.63) is 54.2 Å². The Labute approximate surface area is 154 Å². The van der Waals surface area contributed by atoms with Crippen molar-refractivity contribution in [1.82, 2.24) is 4.98 Å². The van der Waals surface area contributed by atoms with Gasteiger partial charge in [0.15, 0.2) is 9.84 Å². The van der Waals surface area contributed by atoms with Crippen molar-refractivity contribution in [3.8, 4) is 0 Å². The molecule has 0 aliphatic heterocycles. The van der Waals surface area contributed by atoms with E-state index in [0.717, 1.165) is 24.8 Å². The Bertz CT molecular complexity index is 842. The second kappa shape index (κ2) is 7.99. The van der Waals surface area contributed by atoms with Gasteiger partial charge in [-0.3, -0.25) is 4.79 Å². The van der Waals surface area contributed by atoms with E-state index in [1.807, 2.05) is 6.07 Å². The Kier molecular flexibility index (Phi) is 5.71. The molecule has 138 valence electrons. The van der Waals surface area contributed by atoms with Crippen LogP contribution in [0.5, 0.6) is 0 Å². The summed E-state index contributed by atoms with van der Waals surface area (Å²) in [7, 11) is -3.25. The van der Waals surface area contributed by atoms with Crippen LogP contribution in [0.15, 0.2) is 53.6 Å². The number of anilines is 1. The van der Waals surface area contributed by atoms with E-state index in [1.165, 1.54) is 19.1 Å². The number of rotatable bonds is 6. The molecule has 1 aliphatic carbocycles. The molecule has 0 saturated heterocycles. The van der Waals surface area contributed by atoms with Gasteiger partial charge in [0.25, 0.3) is 0 Å². The Balaban J connectivity index is 1.83.